The molecule has 0 saturated carbocycles. The van der Waals surface area contributed by atoms with E-state index in [0.29, 0.717) is 6.42 Å². The zero-order valence-electron chi connectivity index (χ0n) is 60.9. The second kappa shape index (κ2) is 36.3. The van der Waals surface area contributed by atoms with Gasteiger partial charge in [0.25, 0.3) is 0 Å². The molecular weight excluding hydrogens is 1210 g/mol. The van der Waals surface area contributed by atoms with Crippen molar-refractivity contribution in [2.75, 3.05) is 75.2 Å². The van der Waals surface area contributed by atoms with Gasteiger partial charge >= 0.3 is 0 Å². The van der Waals surface area contributed by atoms with Crippen molar-refractivity contribution in [2.24, 2.45) is 35.5 Å². The lowest BCUT2D eigenvalue weighted by molar-refractivity contribution is -0.157. The van der Waals surface area contributed by atoms with Gasteiger partial charge in [-0.25, -0.2) is 0 Å². The first-order valence-corrected chi connectivity index (χ1v) is 34.9. The van der Waals surface area contributed by atoms with E-state index in [4.69, 9.17) is 0 Å². The molecule has 530 valence electrons. The summed E-state index contributed by atoms with van der Waals surface area (Å²) in [6.45, 7) is 30.0. The lowest BCUT2D eigenvalue weighted by atomic mass is 9.91. The van der Waals surface area contributed by atoms with Gasteiger partial charge < -0.3 is 65.2 Å². The summed E-state index contributed by atoms with van der Waals surface area (Å²) in [4.78, 5) is 177. The maximum atomic E-state index is 15.4. The third-order valence-electron chi connectivity index (χ3n) is 19.2. The fourth-order valence-corrected chi connectivity index (χ4v) is 14.4. The number of amides is 11. The summed E-state index contributed by atoms with van der Waals surface area (Å²) < 4.78 is 0. The fraction of sp³-hybridized carbons (Fsp3) is 0.809. The predicted octanol–water partition coefficient (Wildman–Crippen LogP) is 3.92. The van der Waals surface area contributed by atoms with Crippen molar-refractivity contribution >= 4 is 76.7 Å². The average molecular weight is 1330 g/mol. The molecule has 4 N–H and O–H groups in total. The van der Waals surface area contributed by atoms with Crippen LogP contribution in [-0.2, 0) is 52.7 Å². The second-order valence-electron chi connectivity index (χ2n) is 28.8. The molecule has 24 nitrogen and oxygen atoms in total. The van der Waals surface area contributed by atoms with Crippen LogP contribution in [0.5, 0.6) is 0 Å². The monoisotopic (exact) mass is 1330 g/mol. The molecule has 3 rings (SSSR count). The smallest absolute Gasteiger partial charge is 0.246 e. The van der Waals surface area contributed by atoms with Gasteiger partial charge in [0.2, 0.25) is 65.0 Å². The number of likely N-dealkylation sites (N-methyl/N-ethyl adjacent to an activating group) is 7. The number of carbonyl (C=O) groups excluding carboxylic acids is 11. The number of carbonyl (C=O) groups is 11. The van der Waals surface area contributed by atoms with Gasteiger partial charge in [0.15, 0.2) is 0 Å². The van der Waals surface area contributed by atoms with Crippen LogP contribution in [0.2, 0.25) is 0 Å². The van der Waals surface area contributed by atoms with E-state index in [-0.39, 0.29) is 60.9 Å². The minimum absolute atomic E-state index is 0.0214. The number of aliphatic hydroxyl groups is 1. The molecule has 11 amide bonds. The third-order valence-corrected chi connectivity index (χ3v) is 20.6. The number of thioether (sulfide) groups is 1. The van der Waals surface area contributed by atoms with E-state index in [9.17, 15) is 29.1 Å². The van der Waals surface area contributed by atoms with Crippen molar-refractivity contribution in [3.8, 4) is 0 Å². The number of hydrogen-bond acceptors (Lipinski definition) is 14. The van der Waals surface area contributed by atoms with Crippen molar-refractivity contribution in [3.05, 3.63) is 12.2 Å². The molecule has 14 atom stereocenters. The summed E-state index contributed by atoms with van der Waals surface area (Å²) in [5, 5.41) is 21.0. The number of aliphatic hydroxyl groups excluding tert-OH is 1. The van der Waals surface area contributed by atoms with Crippen molar-refractivity contribution in [3.63, 3.8) is 0 Å². The molecule has 3 aliphatic rings. The summed E-state index contributed by atoms with van der Waals surface area (Å²) in [5.41, 5.74) is 0. The Balaban J connectivity index is 2.38. The summed E-state index contributed by atoms with van der Waals surface area (Å²) in [7, 11) is 12.3. The highest BCUT2D eigenvalue weighted by Gasteiger charge is 2.49. The van der Waals surface area contributed by atoms with E-state index in [2.05, 4.69) is 20.9 Å². The van der Waals surface area contributed by atoms with Gasteiger partial charge in [-0.15, -0.1) is 0 Å². The summed E-state index contributed by atoms with van der Waals surface area (Å²) in [5.74, 6) is -9.01. The van der Waals surface area contributed by atoms with Crippen LogP contribution in [-0.4, -0.2) is 273 Å². The Morgan fingerprint density at radius 3 is 1.48 bits per heavy atom. The number of nitrogens with zero attached hydrogens (tertiary/aromatic N) is 9. The van der Waals surface area contributed by atoms with Crippen molar-refractivity contribution in [2.45, 2.75) is 246 Å². The zero-order chi connectivity index (χ0) is 71.1. The molecule has 0 spiro atoms. The minimum atomic E-state index is -1.62. The standard InChI is InChI=1S/C68H120N12O12S/c1-25-27-28-43(13)57(81)56-60(84)70-48(26-2)62(86)77(22)53(37-93-47-29-31-72(17)32-30-47)65(89)73(18)49(33-38(3)4)59(83)71-54(41(9)10)67(91)76(21)52-36-44(14)80(66(52)90)46(16)58(82)69-45(15)61(85)74(19)50(34-39(5)6)63(87)75(20)51(35-40(7)8)64(88)78(23)55(42(11)12)68(92)79(56)24/h25,27,38-57,81H,26,28-37H2,1-24H3,(H,69,82)(H,70,84)(H,71,83)/b27-25+/t43-,44?,45+,46-,48-,49+,50-,51-,52-,53-,54-,55-,56-,57-/m1/s1. The van der Waals surface area contributed by atoms with Crippen LogP contribution in [0, 0.1) is 35.5 Å². The maximum absolute atomic E-state index is 15.4. The third kappa shape index (κ3) is 20.8. The van der Waals surface area contributed by atoms with Gasteiger partial charge in [0.05, 0.1) is 6.10 Å². The van der Waals surface area contributed by atoms with Gasteiger partial charge in [-0.1, -0.05) is 95.2 Å². The van der Waals surface area contributed by atoms with Crippen molar-refractivity contribution in [1.29, 1.82) is 0 Å². The van der Waals surface area contributed by atoms with Crippen molar-refractivity contribution < 1.29 is 57.8 Å². The molecule has 3 aliphatic heterocycles. The predicted molar refractivity (Wildman–Crippen MR) is 364 cm³/mol. The number of piperidine rings is 1. The van der Waals surface area contributed by atoms with E-state index >= 15 is 28.8 Å². The van der Waals surface area contributed by atoms with E-state index in [0.717, 1.165) is 30.8 Å². The Morgan fingerprint density at radius 2 is 0.989 bits per heavy atom. The first-order chi connectivity index (χ1) is 43.2. The Hall–Kier alpha value is -5.82. The first-order valence-electron chi connectivity index (χ1n) is 33.9. The van der Waals surface area contributed by atoms with Gasteiger partial charge in [-0.05, 0) is 135 Å². The minimum Gasteiger partial charge on any atom is -0.390 e. The number of rotatable bonds is 16. The molecule has 0 aliphatic carbocycles. The molecule has 0 aromatic carbocycles. The molecular formula is C68H120N12O12S. The van der Waals surface area contributed by atoms with Crippen LogP contribution >= 0.6 is 11.8 Å². The van der Waals surface area contributed by atoms with Gasteiger partial charge in [0.1, 0.15) is 66.5 Å². The zero-order valence-corrected chi connectivity index (χ0v) is 61.7. The van der Waals surface area contributed by atoms with E-state index < -0.39 is 161 Å². The number of nitrogens with one attached hydrogen (secondary N) is 3. The van der Waals surface area contributed by atoms with E-state index in [1.54, 1.807) is 66.3 Å². The van der Waals surface area contributed by atoms with Crippen LogP contribution < -0.4 is 16.0 Å². The van der Waals surface area contributed by atoms with Crippen LogP contribution in [0.25, 0.3) is 0 Å². The molecule has 0 aromatic heterocycles. The van der Waals surface area contributed by atoms with E-state index in [1.807, 2.05) is 61.6 Å². The number of fused-ring (bicyclic) bond motifs is 2. The second-order valence-corrected chi connectivity index (χ2v) is 30.1. The Kier molecular flexibility index (Phi) is 31.8. The lowest BCUT2D eigenvalue weighted by Crippen LogP contribution is -2.64. The molecule has 3 heterocycles. The average Bonchev–Trinajstić information content (AvgIpc) is 1.78. The Bertz CT molecular complexity index is 2610. The van der Waals surface area contributed by atoms with Crippen LogP contribution in [0.3, 0.4) is 0 Å². The molecule has 3 fully saturated rings. The van der Waals surface area contributed by atoms with Gasteiger partial charge in [0, 0.05) is 66.4 Å². The molecule has 3 saturated heterocycles. The molecule has 93 heavy (non-hydrogen) atoms. The summed E-state index contributed by atoms with van der Waals surface area (Å²) in [6.07, 6.45) is 4.71. The highest BCUT2D eigenvalue weighted by atomic mass is 32.2. The van der Waals surface area contributed by atoms with Crippen LogP contribution in [0.1, 0.15) is 162 Å². The largest absolute Gasteiger partial charge is 0.390 e. The highest BCUT2D eigenvalue weighted by Crippen LogP contribution is 2.30. The summed E-state index contributed by atoms with van der Waals surface area (Å²) in [6, 6.07) is -13.9. The van der Waals surface area contributed by atoms with Gasteiger partial charge in [-0.2, -0.15) is 11.8 Å². The first kappa shape index (κ1) is 81.4. The van der Waals surface area contributed by atoms with Gasteiger partial charge in [-0.3, -0.25) is 52.7 Å². The Morgan fingerprint density at radius 1 is 0.516 bits per heavy atom. The maximum Gasteiger partial charge on any atom is 0.246 e. The SMILES string of the molecule is C/C=C/C[C@@H](C)[C@@H](O)[C@@H]1C(=O)N[C@H](CC)C(=O)N(C)[C@H](CSC2CCN(C)CC2)C(=O)N(C)[C@@H](CC(C)C)C(=O)N[C@H](C(C)C)C(=O)N(C)[C@@H]2CC(C)N(C2=O)[C@H](C)C(=O)N[C@@H](C)C(=O)N(C)[C@H](CC(C)C)C(=O)N(C)[C@H](CC(C)C)C(=O)N(C)[C@H](C(C)C)C(=O)N1C. The normalized spacial score (nSPS) is 29.2. The number of hydrogen-bond donors (Lipinski definition) is 4. The van der Waals surface area contributed by atoms with E-state index in [1.165, 1.54) is 97.5 Å². The summed E-state index contributed by atoms with van der Waals surface area (Å²) >= 11 is 1.55. The molecule has 25 heteroatoms. The quantitative estimate of drug-likeness (QED) is 0.160. The topological polar surface area (TPSA) is 273 Å². The van der Waals surface area contributed by atoms with Crippen molar-refractivity contribution in [1.82, 2.24) is 60.0 Å². The van der Waals surface area contributed by atoms with Crippen LogP contribution in [0.4, 0.5) is 0 Å². The molecule has 2 bridgehead atoms. The fourth-order valence-electron chi connectivity index (χ4n) is 13.0. The molecule has 1 unspecified atom stereocenters. The molecule has 0 aromatic rings. The number of allylic oxidation sites excluding steroid dienone is 2. The lowest BCUT2D eigenvalue weighted by Gasteiger charge is -2.41. The Labute approximate surface area is 561 Å². The van der Waals surface area contributed by atoms with Crippen LogP contribution in [0.15, 0.2) is 12.2 Å². The molecule has 0 radical (unpaired) electrons. The number of likely N-dealkylation sites (tertiary alicyclic amines) is 1. The highest BCUT2D eigenvalue weighted by molar-refractivity contribution is 8.00.